The summed E-state index contributed by atoms with van der Waals surface area (Å²) < 4.78 is 2.27. The van der Waals surface area contributed by atoms with Crippen LogP contribution in [0.2, 0.25) is 0 Å². The van der Waals surface area contributed by atoms with Crippen LogP contribution in [-0.2, 0) is 15.6 Å². The quantitative estimate of drug-likeness (QED) is 0.232. The van der Waals surface area contributed by atoms with Crippen molar-refractivity contribution in [2.24, 2.45) is 0 Å². The molecule has 2 aromatic rings. The largest absolute Gasteiger partial charge is 0.506 e. The van der Waals surface area contributed by atoms with Crippen molar-refractivity contribution < 1.29 is 14.5 Å². The van der Waals surface area contributed by atoms with E-state index < -0.39 is 0 Å². The second-order valence-electron chi connectivity index (χ2n) is 12.6. The first-order chi connectivity index (χ1) is 18.9. The molecule has 0 radical (unpaired) electrons. The van der Waals surface area contributed by atoms with E-state index >= 15 is 0 Å². The highest BCUT2D eigenvalue weighted by atomic mass is 16.3. The van der Waals surface area contributed by atoms with E-state index in [-0.39, 0.29) is 22.4 Å². The molecule has 3 aliphatic rings. The minimum absolute atomic E-state index is 0.0767. The molecule has 4 nitrogen and oxygen atoms in total. The Hall–Kier alpha value is -3.92. The molecule has 0 unspecified atom stereocenters. The van der Waals surface area contributed by atoms with Crippen LogP contribution in [0, 0.1) is 0 Å². The zero-order chi connectivity index (χ0) is 29.0. The van der Waals surface area contributed by atoms with E-state index in [1.54, 1.807) is 0 Å². The second kappa shape index (κ2) is 9.92. The van der Waals surface area contributed by atoms with Crippen molar-refractivity contribution in [2.75, 3.05) is 18.0 Å². The van der Waals surface area contributed by atoms with Crippen LogP contribution in [0.1, 0.15) is 66.5 Å². The van der Waals surface area contributed by atoms with Gasteiger partial charge in [-0.25, -0.2) is 0 Å². The maximum absolute atomic E-state index is 13.7. The molecule has 2 heterocycles. The summed E-state index contributed by atoms with van der Waals surface area (Å²) in [6.07, 6.45) is 8.22. The highest BCUT2D eigenvalue weighted by molar-refractivity contribution is 6.24. The summed E-state index contributed by atoms with van der Waals surface area (Å²) in [4.78, 5) is 15.9. The van der Waals surface area contributed by atoms with Crippen LogP contribution in [-0.4, -0.2) is 34.3 Å². The highest BCUT2D eigenvalue weighted by Gasteiger charge is 2.47. The Bertz CT molecular complexity index is 1600. The van der Waals surface area contributed by atoms with Crippen molar-refractivity contribution in [3.63, 3.8) is 0 Å². The molecule has 1 N–H and O–H groups in total. The summed E-state index contributed by atoms with van der Waals surface area (Å²) in [5, 5.41) is 11.3. The smallest absolute Gasteiger partial charge is 0.210 e. The zero-order valence-corrected chi connectivity index (χ0v) is 25.1. The molecular formula is C36H41N2O2+. The first-order valence-corrected chi connectivity index (χ1v) is 14.2. The normalized spacial score (nSPS) is 20.6. The van der Waals surface area contributed by atoms with Gasteiger partial charge in [-0.15, -0.1) is 0 Å². The van der Waals surface area contributed by atoms with Gasteiger partial charge in [-0.05, 0) is 65.3 Å². The maximum atomic E-state index is 13.7. The molecule has 2 aliphatic heterocycles. The van der Waals surface area contributed by atoms with Crippen molar-refractivity contribution >= 4 is 22.9 Å². The number of fused-ring (bicyclic) bond motifs is 2. The van der Waals surface area contributed by atoms with Gasteiger partial charge in [-0.2, -0.15) is 4.58 Å². The van der Waals surface area contributed by atoms with Gasteiger partial charge in [-0.3, -0.25) is 4.79 Å². The van der Waals surface area contributed by atoms with E-state index in [2.05, 4.69) is 126 Å². The lowest BCUT2D eigenvalue weighted by Gasteiger charge is -2.29. The summed E-state index contributed by atoms with van der Waals surface area (Å²) in [5.41, 5.74) is 9.43. The number of carbonyl (C=O) groups is 1. The minimum atomic E-state index is -0.301. The maximum Gasteiger partial charge on any atom is 0.210 e. The molecule has 0 saturated carbocycles. The number of para-hydroxylation sites is 2. The van der Waals surface area contributed by atoms with E-state index in [1.807, 2.05) is 12.2 Å². The molecule has 0 amide bonds. The monoisotopic (exact) mass is 533 g/mol. The van der Waals surface area contributed by atoms with Gasteiger partial charge in [0.05, 0.1) is 16.6 Å². The fraction of sp³-hybridized carbons (Fsp3) is 0.333. The standard InChI is InChI=1S/C36H40N2O2/c1-23(2)17-19-37-29-15-11-9-13-27(29)35(5,6)31(37)21-25-33(39)26(34(25)40)22-32-36(7,8)28-14-10-12-16-30(28)38(32)20-18-24(3)4/h9-18,21-22H,19-20H2,1-8H3/p+1. The number of Topliss-reactive ketones (excluding diaryl/α,β-unsaturated/α-hetero) is 1. The number of anilines is 1. The van der Waals surface area contributed by atoms with Gasteiger partial charge in [0.2, 0.25) is 11.5 Å². The first-order valence-electron chi connectivity index (χ1n) is 14.2. The molecule has 0 aromatic heterocycles. The number of benzene rings is 2. The summed E-state index contributed by atoms with van der Waals surface area (Å²) >= 11 is 0. The van der Waals surface area contributed by atoms with Gasteiger partial charge in [0.1, 0.15) is 5.76 Å². The van der Waals surface area contributed by atoms with Crippen LogP contribution in [0.25, 0.3) is 0 Å². The average molecular weight is 534 g/mol. The van der Waals surface area contributed by atoms with E-state index in [0.29, 0.717) is 24.2 Å². The molecular weight excluding hydrogens is 492 g/mol. The lowest BCUT2D eigenvalue weighted by Crippen LogP contribution is -2.32. The van der Waals surface area contributed by atoms with E-state index in [4.69, 9.17) is 0 Å². The molecule has 40 heavy (non-hydrogen) atoms. The number of allylic oxidation sites excluding steroid dienone is 7. The summed E-state index contributed by atoms with van der Waals surface area (Å²) in [5.74, 6) is -0.0341. The molecule has 2 aromatic carbocycles. The Labute approximate surface area is 239 Å². The van der Waals surface area contributed by atoms with Gasteiger partial charge in [-0.1, -0.05) is 67.5 Å². The number of aliphatic hydroxyl groups is 1. The van der Waals surface area contributed by atoms with Crippen LogP contribution in [0.5, 0.6) is 0 Å². The fourth-order valence-corrected chi connectivity index (χ4v) is 6.13. The number of rotatable bonds is 6. The summed E-state index contributed by atoms with van der Waals surface area (Å²) in [6, 6.07) is 16.8. The molecule has 0 fully saturated rings. The number of ketones is 1. The Morgan fingerprint density at radius 1 is 0.850 bits per heavy atom. The predicted octanol–water partition coefficient (Wildman–Crippen LogP) is 8.00. The van der Waals surface area contributed by atoms with Crippen molar-refractivity contribution in [3.8, 4) is 0 Å². The third kappa shape index (κ3) is 4.40. The van der Waals surface area contributed by atoms with Crippen LogP contribution >= 0.6 is 0 Å². The van der Waals surface area contributed by atoms with Crippen molar-refractivity contribution in [1.82, 2.24) is 0 Å². The lowest BCUT2D eigenvalue weighted by molar-refractivity contribution is -0.425. The van der Waals surface area contributed by atoms with Gasteiger partial charge < -0.3 is 10.0 Å². The molecule has 0 spiro atoms. The number of nitrogens with zero attached hydrogens (tertiary/aromatic N) is 2. The van der Waals surface area contributed by atoms with Crippen LogP contribution in [0.4, 0.5) is 11.4 Å². The molecule has 4 heteroatoms. The Balaban J connectivity index is 1.60. The second-order valence-corrected chi connectivity index (χ2v) is 12.6. The van der Waals surface area contributed by atoms with Gasteiger partial charge in [0.25, 0.3) is 0 Å². The number of aliphatic hydroxyl groups excluding tert-OH is 1. The van der Waals surface area contributed by atoms with Gasteiger partial charge in [0, 0.05) is 41.1 Å². The van der Waals surface area contributed by atoms with Crippen molar-refractivity contribution in [2.45, 2.75) is 66.2 Å². The molecule has 0 saturated heterocycles. The van der Waals surface area contributed by atoms with E-state index in [9.17, 15) is 9.90 Å². The fourth-order valence-electron chi connectivity index (χ4n) is 6.13. The van der Waals surface area contributed by atoms with Gasteiger partial charge >= 0.3 is 0 Å². The molecule has 0 bridgehead atoms. The topological polar surface area (TPSA) is 43.5 Å². The summed E-state index contributed by atoms with van der Waals surface area (Å²) in [7, 11) is 0. The van der Waals surface area contributed by atoms with Crippen LogP contribution in [0.15, 0.2) is 107 Å². The van der Waals surface area contributed by atoms with E-state index in [1.165, 1.54) is 22.3 Å². The third-order valence-corrected chi connectivity index (χ3v) is 8.52. The molecule has 0 atom stereocenters. The molecule has 1 aliphatic carbocycles. The first kappa shape index (κ1) is 27.6. The van der Waals surface area contributed by atoms with Crippen molar-refractivity contribution in [1.29, 1.82) is 0 Å². The third-order valence-electron chi connectivity index (χ3n) is 8.52. The van der Waals surface area contributed by atoms with Crippen molar-refractivity contribution in [3.05, 3.63) is 118 Å². The van der Waals surface area contributed by atoms with Crippen LogP contribution < -0.4 is 4.90 Å². The number of hydrogen-bond acceptors (Lipinski definition) is 3. The predicted molar refractivity (Wildman–Crippen MR) is 166 cm³/mol. The highest BCUT2D eigenvalue weighted by Crippen LogP contribution is 2.49. The molecule has 5 rings (SSSR count). The molecule has 206 valence electrons. The average Bonchev–Trinajstić information content (AvgIpc) is 3.26. The van der Waals surface area contributed by atoms with Gasteiger partial charge in [0.15, 0.2) is 12.3 Å². The summed E-state index contributed by atoms with van der Waals surface area (Å²) in [6.45, 7) is 18.6. The number of hydrogen-bond donors (Lipinski definition) is 1. The lowest BCUT2D eigenvalue weighted by atomic mass is 9.77. The zero-order valence-electron chi connectivity index (χ0n) is 25.1. The van der Waals surface area contributed by atoms with Crippen LogP contribution in [0.3, 0.4) is 0 Å². The van der Waals surface area contributed by atoms with E-state index in [0.717, 1.165) is 22.8 Å². The Morgan fingerprint density at radius 2 is 1.48 bits per heavy atom. The number of carbonyl (C=O) groups excluding carboxylic acids is 1. The Kier molecular flexibility index (Phi) is 6.86. The minimum Gasteiger partial charge on any atom is -0.506 e. The Morgan fingerprint density at radius 3 is 2.12 bits per heavy atom. The SMILES string of the molecule is CC(C)=CCN1/C(=C/C2=C(O)C(=C\C3=[N+](CC=C(C)C)c4ccccc4C3(C)C)/C2=O)C(C)(C)c2ccccc21.